The number of nitrogens with one attached hydrogen (secondary N) is 1. The number of morpholine rings is 1. The van der Waals surface area contributed by atoms with Crippen LogP contribution in [0, 0.1) is 0 Å². The summed E-state index contributed by atoms with van der Waals surface area (Å²) in [6.07, 6.45) is 5.28. The lowest BCUT2D eigenvalue weighted by Crippen LogP contribution is -2.45. The molecule has 6 nitrogen and oxygen atoms in total. The van der Waals surface area contributed by atoms with Crippen molar-refractivity contribution in [1.29, 1.82) is 0 Å². The summed E-state index contributed by atoms with van der Waals surface area (Å²) in [4.78, 5) is 18.9. The normalized spacial score (nSPS) is 19.6. The fourth-order valence-corrected chi connectivity index (χ4v) is 3.27. The second-order valence-electron chi connectivity index (χ2n) is 6.86. The van der Waals surface area contributed by atoms with E-state index in [0.29, 0.717) is 12.3 Å². The van der Waals surface area contributed by atoms with Crippen molar-refractivity contribution in [3.63, 3.8) is 0 Å². The van der Waals surface area contributed by atoms with Gasteiger partial charge in [-0.2, -0.15) is 0 Å². The molecule has 1 amide bonds. The van der Waals surface area contributed by atoms with Crippen LogP contribution in [0.1, 0.15) is 26.3 Å². The van der Waals surface area contributed by atoms with Crippen LogP contribution in [0.5, 0.6) is 5.75 Å². The summed E-state index contributed by atoms with van der Waals surface area (Å²) in [7, 11) is 0. The third kappa shape index (κ3) is 5.33. The Morgan fingerprint density at radius 3 is 2.68 bits per heavy atom. The molecule has 6 heteroatoms. The molecule has 28 heavy (non-hydrogen) atoms. The number of aromatic nitrogens is 1. The smallest absolute Gasteiger partial charge is 0.248 e. The number of carbonyl (C=O) groups excluding carboxylic acids is 1. The van der Waals surface area contributed by atoms with Gasteiger partial charge in [0.15, 0.2) is 0 Å². The minimum atomic E-state index is -0.213. The molecule has 1 aromatic heterocycles. The molecule has 2 atom stereocenters. The van der Waals surface area contributed by atoms with E-state index in [1.165, 1.54) is 6.08 Å². The van der Waals surface area contributed by atoms with Gasteiger partial charge in [-0.25, -0.2) is 4.98 Å². The molecule has 1 aliphatic heterocycles. The van der Waals surface area contributed by atoms with E-state index in [2.05, 4.69) is 29.0 Å². The summed E-state index contributed by atoms with van der Waals surface area (Å²) in [6, 6.07) is 11.4. The van der Waals surface area contributed by atoms with Crippen LogP contribution in [0.2, 0.25) is 0 Å². The summed E-state index contributed by atoms with van der Waals surface area (Å²) in [6.45, 7) is 8.26. The minimum absolute atomic E-state index is 0.176. The summed E-state index contributed by atoms with van der Waals surface area (Å²) < 4.78 is 11.3. The highest BCUT2D eigenvalue weighted by atomic mass is 16.5. The van der Waals surface area contributed by atoms with Gasteiger partial charge in [-0.05, 0) is 45.0 Å². The predicted molar refractivity (Wildman–Crippen MR) is 112 cm³/mol. The fraction of sp³-hybridized carbons (Fsp3) is 0.364. The Morgan fingerprint density at radius 1 is 1.25 bits per heavy atom. The number of nitrogens with zero attached hydrogens (tertiary/aromatic N) is 2. The molecule has 1 aliphatic rings. The summed E-state index contributed by atoms with van der Waals surface area (Å²) in [5.74, 6) is 1.43. The molecule has 0 aliphatic carbocycles. The minimum Gasteiger partial charge on any atom is -0.493 e. The number of para-hydroxylation sites is 1. The highest BCUT2D eigenvalue weighted by molar-refractivity contribution is 6.02. The van der Waals surface area contributed by atoms with E-state index in [4.69, 9.17) is 9.47 Å². The van der Waals surface area contributed by atoms with E-state index < -0.39 is 0 Å². The molecule has 1 aromatic carbocycles. The second-order valence-corrected chi connectivity index (χ2v) is 6.86. The zero-order valence-electron chi connectivity index (χ0n) is 16.6. The number of hydrogen-bond donors (Lipinski definition) is 1. The first-order valence-corrected chi connectivity index (χ1v) is 9.62. The molecule has 1 N–H and O–H groups in total. The van der Waals surface area contributed by atoms with E-state index in [9.17, 15) is 4.79 Å². The van der Waals surface area contributed by atoms with Crippen molar-refractivity contribution in [2.24, 2.45) is 0 Å². The Morgan fingerprint density at radius 2 is 2.00 bits per heavy atom. The van der Waals surface area contributed by atoms with Gasteiger partial charge in [0.2, 0.25) is 5.91 Å². The Hall–Kier alpha value is -2.86. The summed E-state index contributed by atoms with van der Waals surface area (Å²) in [5, 5.41) is 2.84. The largest absolute Gasteiger partial charge is 0.493 e. The first kappa shape index (κ1) is 19.9. The average molecular weight is 381 g/mol. The fourth-order valence-electron chi connectivity index (χ4n) is 3.27. The lowest BCUT2D eigenvalue weighted by molar-refractivity contribution is -0.111. The van der Waals surface area contributed by atoms with Crippen molar-refractivity contribution in [1.82, 2.24) is 4.98 Å². The summed E-state index contributed by atoms with van der Waals surface area (Å²) in [5.41, 5.74) is 1.52. The third-order valence-electron chi connectivity index (χ3n) is 4.39. The van der Waals surface area contributed by atoms with Crippen molar-refractivity contribution in [2.75, 3.05) is 29.9 Å². The van der Waals surface area contributed by atoms with E-state index in [1.54, 1.807) is 12.3 Å². The molecule has 3 rings (SSSR count). The molecule has 148 valence electrons. The second kappa shape index (κ2) is 9.37. The van der Waals surface area contributed by atoms with E-state index in [0.717, 1.165) is 30.2 Å². The van der Waals surface area contributed by atoms with Crippen LogP contribution in [0.25, 0.3) is 6.08 Å². The predicted octanol–water partition coefficient (Wildman–Crippen LogP) is 3.75. The standard InChI is InChI=1S/C22H27N3O3/c1-4-27-20-8-6-5-7-18(20)9-12-22(26)24-19-10-11-21(23-13-19)25-14-16(2)28-17(3)15-25/h5-13,16-17H,4,14-15H2,1-3H3,(H,24,26). The first-order chi connectivity index (χ1) is 13.5. The summed E-state index contributed by atoms with van der Waals surface area (Å²) >= 11 is 0. The SMILES string of the molecule is CCOc1ccccc1C=CC(=O)Nc1ccc(N2CC(C)OC(C)C2)nc1. The molecule has 1 saturated heterocycles. The number of hydrogen-bond acceptors (Lipinski definition) is 5. The maximum absolute atomic E-state index is 12.2. The lowest BCUT2D eigenvalue weighted by atomic mass is 10.2. The quantitative estimate of drug-likeness (QED) is 0.772. The number of benzene rings is 1. The van der Waals surface area contributed by atoms with Crippen LogP contribution in [-0.2, 0) is 9.53 Å². The van der Waals surface area contributed by atoms with Gasteiger partial charge in [0, 0.05) is 24.7 Å². The average Bonchev–Trinajstić information content (AvgIpc) is 2.67. The van der Waals surface area contributed by atoms with Gasteiger partial charge < -0.3 is 19.7 Å². The maximum Gasteiger partial charge on any atom is 0.248 e. The molecule has 0 bridgehead atoms. The van der Waals surface area contributed by atoms with Crippen LogP contribution in [-0.4, -0.2) is 42.8 Å². The molecule has 0 radical (unpaired) electrons. The Kier molecular flexibility index (Phi) is 6.66. The zero-order chi connectivity index (χ0) is 19.9. The van der Waals surface area contributed by atoms with E-state index in [-0.39, 0.29) is 18.1 Å². The van der Waals surface area contributed by atoms with Crippen LogP contribution in [0.15, 0.2) is 48.7 Å². The van der Waals surface area contributed by atoms with Crippen molar-refractivity contribution in [3.05, 3.63) is 54.2 Å². The first-order valence-electron chi connectivity index (χ1n) is 9.62. The molecule has 2 unspecified atom stereocenters. The van der Waals surface area contributed by atoms with Crippen molar-refractivity contribution in [2.45, 2.75) is 33.0 Å². The van der Waals surface area contributed by atoms with Crippen LogP contribution in [0.4, 0.5) is 11.5 Å². The van der Waals surface area contributed by atoms with E-state index >= 15 is 0 Å². The third-order valence-corrected chi connectivity index (χ3v) is 4.39. The molecule has 1 fully saturated rings. The number of rotatable bonds is 6. The highest BCUT2D eigenvalue weighted by Crippen LogP contribution is 2.21. The van der Waals surface area contributed by atoms with Crippen LogP contribution < -0.4 is 15.0 Å². The lowest BCUT2D eigenvalue weighted by Gasteiger charge is -2.36. The van der Waals surface area contributed by atoms with Gasteiger partial charge >= 0.3 is 0 Å². The number of anilines is 2. The van der Waals surface area contributed by atoms with Crippen LogP contribution in [0.3, 0.4) is 0 Å². The van der Waals surface area contributed by atoms with Gasteiger partial charge in [0.25, 0.3) is 0 Å². The number of ether oxygens (including phenoxy) is 2. The molecule has 2 aromatic rings. The topological polar surface area (TPSA) is 63.7 Å². The highest BCUT2D eigenvalue weighted by Gasteiger charge is 2.22. The Bertz CT molecular complexity index is 810. The molecular weight excluding hydrogens is 354 g/mol. The van der Waals surface area contributed by atoms with Gasteiger partial charge in [-0.15, -0.1) is 0 Å². The zero-order valence-corrected chi connectivity index (χ0v) is 16.6. The van der Waals surface area contributed by atoms with Gasteiger partial charge in [-0.1, -0.05) is 18.2 Å². The van der Waals surface area contributed by atoms with Gasteiger partial charge in [-0.3, -0.25) is 4.79 Å². The molecule has 0 saturated carbocycles. The Labute approximate surface area is 166 Å². The number of pyridine rings is 1. The van der Waals surface area contributed by atoms with E-state index in [1.807, 2.05) is 43.3 Å². The van der Waals surface area contributed by atoms with Crippen molar-refractivity contribution >= 4 is 23.5 Å². The molecular formula is C22H27N3O3. The molecule has 2 heterocycles. The van der Waals surface area contributed by atoms with Crippen molar-refractivity contribution < 1.29 is 14.3 Å². The molecule has 0 spiro atoms. The maximum atomic E-state index is 12.2. The van der Waals surface area contributed by atoms with Crippen molar-refractivity contribution in [3.8, 4) is 5.75 Å². The Balaban J connectivity index is 1.60. The number of amides is 1. The monoisotopic (exact) mass is 381 g/mol. The van der Waals surface area contributed by atoms with Gasteiger partial charge in [0.1, 0.15) is 11.6 Å². The van der Waals surface area contributed by atoms with Crippen LogP contribution >= 0.6 is 0 Å². The number of carbonyl (C=O) groups is 1. The van der Waals surface area contributed by atoms with Gasteiger partial charge in [0.05, 0.1) is 30.7 Å².